The lowest BCUT2D eigenvalue weighted by atomic mass is 10.0. The highest BCUT2D eigenvalue weighted by atomic mass is 19.1. The number of rotatable bonds is 2. The van der Waals surface area contributed by atoms with Crippen LogP contribution in [0.1, 0.15) is 36.0 Å². The molecule has 0 bridgehead atoms. The van der Waals surface area contributed by atoms with Crippen molar-refractivity contribution in [1.82, 2.24) is 0 Å². The molecule has 1 atom stereocenters. The number of halogens is 1. The van der Waals surface area contributed by atoms with Gasteiger partial charge in [-0.1, -0.05) is 12.1 Å². The van der Waals surface area contributed by atoms with Crippen molar-refractivity contribution in [3.63, 3.8) is 0 Å². The third-order valence-corrected chi connectivity index (χ3v) is 5.27. The van der Waals surface area contributed by atoms with E-state index in [2.05, 4.69) is 13.0 Å². The van der Waals surface area contributed by atoms with Crippen LogP contribution in [-0.2, 0) is 11.3 Å². The minimum Gasteiger partial charge on any atom is -0.305 e. The van der Waals surface area contributed by atoms with Gasteiger partial charge in [-0.25, -0.2) is 4.39 Å². The van der Waals surface area contributed by atoms with Crippen molar-refractivity contribution in [1.29, 1.82) is 0 Å². The molecule has 0 saturated heterocycles. The van der Waals surface area contributed by atoms with Crippen LogP contribution < -0.4 is 4.90 Å². The molecule has 2 aliphatic rings. The van der Waals surface area contributed by atoms with Crippen LogP contribution in [0, 0.1) is 25.6 Å². The quantitative estimate of drug-likeness (QED) is 0.771. The van der Waals surface area contributed by atoms with Gasteiger partial charge in [-0.3, -0.25) is 9.79 Å². The molecular weight excluding hydrogens is 315 g/mol. The maximum Gasteiger partial charge on any atom is 0.236 e. The van der Waals surface area contributed by atoms with Crippen molar-refractivity contribution in [3.8, 4) is 0 Å². The summed E-state index contributed by atoms with van der Waals surface area (Å²) in [6, 6.07) is 10.6. The van der Waals surface area contributed by atoms with Gasteiger partial charge in [0, 0.05) is 5.71 Å². The van der Waals surface area contributed by atoms with E-state index in [1.807, 2.05) is 19.1 Å². The lowest BCUT2D eigenvalue weighted by Gasteiger charge is -2.25. The Morgan fingerprint density at radius 2 is 2.00 bits per heavy atom. The zero-order valence-electron chi connectivity index (χ0n) is 14.6. The first kappa shape index (κ1) is 16.0. The Labute approximate surface area is 147 Å². The number of aryl methyl sites for hydroxylation is 2. The summed E-state index contributed by atoms with van der Waals surface area (Å²) in [6.07, 6.45) is 2.74. The van der Waals surface area contributed by atoms with Crippen molar-refractivity contribution in [3.05, 3.63) is 58.9 Å². The fraction of sp³-hybridized carbons (Fsp3) is 0.333. The standard InChI is InChI=1S/C21H21FN2O/c1-13-9-19-20(10-14(13)2)24(12-15-5-3-6-16(22)11-15)21(25)17-7-4-8-18(17)23-19/h3,5-6,9-11,17H,4,7-8,12H2,1-2H3. The van der Waals surface area contributed by atoms with Crippen LogP contribution in [0.25, 0.3) is 0 Å². The Balaban J connectivity index is 1.83. The second-order valence-corrected chi connectivity index (χ2v) is 7.03. The first-order valence-electron chi connectivity index (χ1n) is 8.77. The maximum absolute atomic E-state index is 13.6. The Hall–Kier alpha value is -2.49. The molecule has 0 N–H and O–H groups in total. The van der Waals surface area contributed by atoms with Gasteiger partial charge in [0.05, 0.1) is 23.8 Å². The normalized spacial score (nSPS) is 19.3. The van der Waals surface area contributed by atoms with Gasteiger partial charge in [0.2, 0.25) is 5.91 Å². The van der Waals surface area contributed by atoms with Crippen LogP contribution in [-0.4, -0.2) is 11.6 Å². The third kappa shape index (κ3) is 2.86. The van der Waals surface area contributed by atoms with E-state index in [0.29, 0.717) is 6.54 Å². The fourth-order valence-electron chi connectivity index (χ4n) is 3.76. The number of carbonyl (C=O) groups excluding carboxylic acids is 1. The predicted molar refractivity (Wildman–Crippen MR) is 97.9 cm³/mol. The molecule has 0 radical (unpaired) electrons. The molecule has 1 unspecified atom stereocenters. The number of amides is 1. The van der Waals surface area contributed by atoms with Crippen LogP contribution in [0.3, 0.4) is 0 Å². The summed E-state index contributed by atoms with van der Waals surface area (Å²) in [4.78, 5) is 19.9. The van der Waals surface area contributed by atoms with Gasteiger partial charge in [0.25, 0.3) is 0 Å². The summed E-state index contributed by atoms with van der Waals surface area (Å²) in [5, 5.41) is 0. The molecule has 1 fully saturated rings. The van der Waals surface area contributed by atoms with Gasteiger partial charge >= 0.3 is 0 Å². The number of hydrogen-bond donors (Lipinski definition) is 0. The lowest BCUT2D eigenvalue weighted by Crippen LogP contribution is -2.36. The zero-order chi connectivity index (χ0) is 17.6. The van der Waals surface area contributed by atoms with Crippen LogP contribution in [0.15, 0.2) is 41.4 Å². The molecule has 0 aromatic heterocycles. The SMILES string of the molecule is Cc1cc2c(cc1C)N(Cc1cccc(F)c1)C(=O)C1CCCC1=N2. The number of anilines is 1. The molecule has 1 aliphatic heterocycles. The Kier molecular flexibility index (Phi) is 3.91. The largest absolute Gasteiger partial charge is 0.305 e. The Bertz CT molecular complexity index is 887. The maximum atomic E-state index is 13.6. The molecule has 1 saturated carbocycles. The second-order valence-electron chi connectivity index (χ2n) is 7.03. The Morgan fingerprint density at radius 1 is 1.20 bits per heavy atom. The first-order chi connectivity index (χ1) is 12.0. The highest BCUT2D eigenvalue weighted by Crippen LogP contribution is 2.40. The molecule has 128 valence electrons. The van der Waals surface area contributed by atoms with Crippen LogP contribution in [0.2, 0.25) is 0 Å². The predicted octanol–water partition coefficient (Wildman–Crippen LogP) is 4.86. The molecule has 2 aromatic carbocycles. The van der Waals surface area contributed by atoms with Crippen LogP contribution >= 0.6 is 0 Å². The van der Waals surface area contributed by atoms with Crippen molar-refractivity contribution in [2.45, 2.75) is 39.7 Å². The van der Waals surface area contributed by atoms with Crippen molar-refractivity contribution < 1.29 is 9.18 Å². The number of hydrogen-bond acceptors (Lipinski definition) is 2. The van der Waals surface area contributed by atoms with E-state index in [-0.39, 0.29) is 17.6 Å². The van der Waals surface area contributed by atoms with Crippen LogP contribution in [0.4, 0.5) is 15.8 Å². The second kappa shape index (κ2) is 6.10. The summed E-state index contributed by atoms with van der Waals surface area (Å²) in [5.74, 6) is -0.332. The van der Waals surface area contributed by atoms with Crippen molar-refractivity contribution >= 4 is 23.0 Å². The van der Waals surface area contributed by atoms with E-state index >= 15 is 0 Å². The molecule has 0 spiro atoms. The molecule has 25 heavy (non-hydrogen) atoms. The summed E-state index contributed by atoms with van der Waals surface area (Å²) in [7, 11) is 0. The summed E-state index contributed by atoms with van der Waals surface area (Å²) < 4.78 is 13.6. The number of aliphatic imine (C=N–C) groups is 1. The molecule has 2 aromatic rings. The van der Waals surface area contributed by atoms with E-state index in [4.69, 9.17) is 4.99 Å². The molecule has 3 nitrogen and oxygen atoms in total. The van der Waals surface area contributed by atoms with E-state index in [9.17, 15) is 9.18 Å². The van der Waals surface area contributed by atoms with E-state index in [1.54, 1.807) is 11.0 Å². The highest BCUT2D eigenvalue weighted by molar-refractivity contribution is 6.15. The lowest BCUT2D eigenvalue weighted by molar-refractivity contribution is -0.120. The average Bonchev–Trinajstić information content (AvgIpc) is 3.00. The number of benzene rings is 2. The van der Waals surface area contributed by atoms with Gasteiger partial charge in [0.1, 0.15) is 5.82 Å². The van der Waals surface area contributed by atoms with Gasteiger partial charge < -0.3 is 4.90 Å². The zero-order valence-corrected chi connectivity index (χ0v) is 14.6. The summed E-state index contributed by atoms with van der Waals surface area (Å²) >= 11 is 0. The fourth-order valence-corrected chi connectivity index (χ4v) is 3.76. The average molecular weight is 336 g/mol. The van der Waals surface area contributed by atoms with Crippen molar-refractivity contribution in [2.75, 3.05) is 4.90 Å². The minimum absolute atomic E-state index is 0.0857. The molecular formula is C21H21FN2O. The first-order valence-corrected chi connectivity index (χ1v) is 8.77. The number of nitrogens with zero attached hydrogens (tertiary/aromatic N) is 2. The van der Waals surface area contributed by atoms with Gasteiger partial charge in [0.15, 0.2) is 0 Å². The summed E-state index contributed by atoms with van der Waals surface area (Å²) in [5.41, 5.74) is 5.77. The van der Waals surface area contributed by atoms with E-state index < -0.39 is 0 Å². The third-order valence-electron chi connectivity index (χ3n) is 5.27. The smallest absolute Gasteiger partial charge is 0.236 e. The number of carbonyl (C=O) groups is 1. The molecule has 1 heterocycles. The van der Waals surface area contributed by atoms with Gasteiger partial charge in [-0.15, -0.1) is 0 Å². The van der Waals surface area contributed by atoms with Crippen LogP contribution in [0.5, 0.6) is 0 Å². The molecule has 4 heteroatoms. The molecule has 1 aliphatic carbocycles. The minimum atomic E-state index is -0.280. The molecule has 1 amide bonds. The van der Waals surface area contributed by atoms with E-state index in [0.717, 1.165) is 53.0 Å². The monoisotopic (exact) mass is 336 g/mol. The molecule has 4 rings (SSSR count). The van der Waals surface area contributed by atoms with Gasteiger partial charge in [-0.2, -0.15) is 0 Å². The highest BCUT2D eigenvalue weighted by Gasteiger charge is 2.36. The van der Waals surface area contributed by atoms with Crippen molar-refractivity contribution in [2.24, 2.45) is 10.9 Å². The summed E-state index contributed by atoms with van der Waals surface area (Å²) in [6.45, 7) is 4.47. The van der Waals surface area contributed by atoms with E-state index in [1.165, 1.54) is 12.1 Å². The number of fused-ring (bicyclic) bond motifs is 2. The topological polar surface area (TPSA) is 32.7 Å². The Morgan fingerprint density at radius 3 is 2.80 bits per heavy atom. The van der Waals surface area contributed by atoms with Gasteiger partial charge in [-0.05, 0) is 74.1 Å².